The Kier molecular flexibility index (Phi) is 6.23. The Hall–Kier alpha value is -0.200. The van der Waals surface area contributed by atoms with Crippen LogP contribution in [0, 0.1) is 0 Å². The zero-order valence-corrected chi connectivity index (χ0v) is 10.4. The number of hydrogen-bond acceptors (Lipinski definition) is 5. The van der Waals surface area contributed by atoms with Gasteiger partial charge in [-0.05, 0) is 6.42 Å². The quantitative estimate of drug-likeness (QED) is 0.318. The van der Waals surface area contributed by atoms with E-state index in [2.05, 4.69) is 0 Å². The van der Waals surface area contributed by atoms with Crippen LogP contribution >= 0.6 is 0 Å². The second kappa shape index (κ2) is 7.19. The van der Waals surface area contributed by atoms with Gasteiger partial charge in [-0.1, -0.05) is 0 Å². The Balaban J connectivity index is 2.09. The maximum Gasteiger partial charge on any atom is 0.191 e. The van der Waals surface area contributed by atoms with Crippen LogP contribution in [0.2, 0.25) is 0 Å². The van der Waals surface area contributed by atoms with Gasteiger partial charge in [-0.2, -0.15) is 0 Å². The van der Waals surface area contributed by atoms with E-state index in [9.17, 15) is 0 Å². The van der Waals surface area contributed by atoms with Crippen molar-refractivity contribution in [1.82, 2.24) is 0 Å². The molecule has 0 bridgehead atoms. The summed E-state index contributed by atoms with van der Waals surface area (Å²) in [6.45, 7) is 2.64. The summed E-state index contributed by atoms with van der Waals surface area (Å²) in [5.74, 6) is -0.645. The van der Waals surface area contributed by atoms with Crippen molar-refractivity contribution >= 4 is 0 Å². The van der Waals surface area contributed by atoms with Crippen LogP contribution in [0.5, 0.6) is 0 Å². The van der Waals surface area contributed by atoms with Crippen molar-refractivity contribution in [2.45, 2.75) is 24.7 Å². The van der Waals surface area contributed by atoms with Crippen LogP contribution in [0.1, 0.15) is 12.8 Å². The molecule has 1 rings (SSSR count). The first-order valence-corrected chi connectivity index (χ1v) is 5.55. The minimum atomic E-state index is -0.645. The van der Waals surface area contributed by atoms with Gasteiger partial charge in [-0.15, -0.1) is 0 Å². The van der Waals surface area contributed by atoms with Crippen molar-refractivity contribution in [2.75, 3.05) is 47.8 Å². The van der Waals surface area contributed by atoms with Crippen LogP contribution in [0.15, 0.2) is 0 Å². The van der Waals surface area contributed by atoms with Gasteiger partial charge < -0.3 is 23.7 Å². The fraction of sp³-hybridized carbons (Fsp3) is 1.00. The van der Waals surface area contributed by atoms with Crippen molar-refractivity contribution in [3.8, 4) is 0 Å². The second-order valence-electron chi connectivity index (χ2n) is 3.89. The largest absolute Gasteiger partial charge is 0.379 e. The van der Waals surface area contributed by atoms with Gasteiger partial charge in [-0.25, -0.2) is 0 Å². The number of hydrogen-bond donors (Lipinski definition) is 0. The zero-order chi connectivity index (χ0) is 11.9. The number of rotatable bonds is 10. The zero-order valence-electron chi connectivity index (χ0n) is 10.4. The fourth-order valence-electron chi connectivity index (χ4n) is 1.52. The summed E-state index contributed by atoms with van der Waals surface area (Å²) in [6, 6.07) is 0. The van der Waals surface area contributed by atoms with Crippen LogP contribution in [-0.4, -0.2) is 59.6 Å². The second-order valence-corrected chi connectivity index (χ2v) is 3.89. The van der Waals surface area contributed by atoms with E-state index in [-0.39, 0.29) is 0 Å². The summed E-state index contributed by atoms with van der Waals surface area (Å²) in [5, 5.41) is 0. The van der Waals surface area contributed by atoms with E-state index in [1.807, 2.05) is 0 Å². The van der Waals surface area contributed by atoms with Crippen molar-refractivity contribution in [1.29, 1.82) is 0 Å². The van der Waals surface area contributed by atoms with Crippen LogP contribution in [0.4, 0.5) is 0 Å². The molecule has 5 nitrogen and oxygen atoms in total. The molecule has 0 aromatic rings. The number of ether oxygens (including phenoxy) is 5. The van der Waals surface area contributed by atoms with E-state index < -0.39 is 5.79 Å². The van der Waals surface area contributed by atoms with E-state index in [1.54, 1.807) is 21.3 Å². The molecule has 1 unspecified atom stereocenters. The average molecular weight is 234 g/mol. The normalized spacial score (nSPS) is 20.1. The van der Waals surface area contributed by atoms with Crippen LogP contribution in [-0.2, 0) is 23.7 Å². The molecule has 1 aliphatic heterocycles. The van der Waals surface area contributed by atoms with Crippen LogP contribution in [0.25, 0.3) is 0 Å². The lowest BCUT2D eigenvalue weighted by atomic mass is 10.1. The minimum absolute atomic E-state index is 0.327. The third-order valence-electron chi connectivity index (χ3n) is 2.66. The molecule has 0 N–H and O–H groups in total. The van der Waals surface area contributed by atoms with Gasteiger partial charge in [0.05, 0.1) is 13.2 Å². The topological polar surface area (TPSA) is 49.5 Å². The van der Waals surface area contributed by atoms with Gasteiger partial charge in [0, 0.05) is 34.4 Å². The maximum atomic E-state index is 5.44. The summed E-state index contributed by atoms with van der Waals surface area (Å²) in [7, 11) is 4.89. The van der Waals surface area contributed by atoms with Crippen LogP contribution in [0.3, 0.4) is 0 Å². The predicted molar refractivity (Wildman–Crippen MR) is 58.4 cm³/mol. The maximum absolute atomic E-state index is 5.44. The highest BCUT2D eigenvalue weighted by atomic mass is 16.7. The molecule has 1 heterocycles. The standard InChI is InChI=1S/C11H22O5/c1-12-9-11(13-2,14-3)5-4-6-15-7-10-8-16-10/h10H,4-9H2,1-3H3. The fourth-order valence-corrected chi connectivity index (χ4v) is 1.52. The highest BCUT2D eigenvalue weighted by molar-refractivity contribution is 4.69. The molecular weight excluding hydrogens is 212 g/mol. The highest BCUT2D eigenvalue weighted by Crippen LogP contribution is 2.19. The summed E-state index contributed by atoms with van der Waals surface area (Å²) in [4.78, 5) is 0. The Morgan fingerprint density at radius 1 is 1.25 bits per heavy atom. The molecule has 0 spiro atoms. The molecule has 1 saturated heterocycles. The molecule has 0 aromatic carbocycles. The molecule has 1 aliphatic rings. The number of methoxy groups -OCH3 is 3. The molecule has 0 aromatic heterocycles. The smallest absolute Gasteiger partial charge is 0.191 e. The SMILES string of the molecule is COCC(CCCOCC1CO1)(OC)OC. The van der Waals surface area contributed by atoms with Gasteiger partial charge in [0.2, 0.25) is 0 Å². The first-order chi connectivity index (χ1) is 7.76. The van der Waals surface area contributed by atoms with Gasteiger partial charge in [0.25, 0.3) is 0 Å². The molecule has 0 radical (unpaired) electrons. The average Bonchev–Trinajstić information content (AvgIpc) is 3.11. The third-order valence-corrected chi connectivity index (χ3v) is 2.66. The van der Waals surface area contributed by atoms with Gasteiger partial charge in [0.15, 0.2) is 5.79 Å². The summed E-state index contributed by atoms with van der Waals surface area (Å²) >= 11 is 0. The Morgan fingerprint density at radius 2 is 1.94 bits per heavy atom. The Bertz CT molecular complexity index is 177. The molecule has 0 saturated carbocycles. The highest BCUT2D eigenvalue weighted by Gasteiger charge is 2.29. The van der Waals surface area contributed by atoms with Gasteiger partial charge >= 0.3 is 0 Å². The van der Waals surface area contributed by atoms with Gasteiger partial charge in [0.1, 0.15) is 12.7 Å². The molecule has 1 fully saturated rings. The van der Waals surface area contributed by atoms with E-state index in [0.717, 1.165) is 19.4 Å². The predicted octanol–water partition coefficient (Wildman–Crippen LogP) is 0.817. The molecular formula is C11H22O5. The van der Waals surface area contributed by atoms with Crippen LogP contribution < -0.4 is 0 Å². The number of epoxide rings is 1. The first kappa shape index (κ1) is 13.9. The van der Waals surface area contributed by atoms with Crippen molar-refractivity contribution < 1.29 is 23.7 Å². The summed E-state index contributed by atoms with van der Waals surface area (Å²) in [6.07, 6.45) is 1.95. The third kappa shape index (κ3) is 4.76. The van der Waals surface area contributed by atoms with E-state index in [4.69, 9.17) is 23.7 Å². The van der Waals surface area contributed by atoms with E-state index in [1.165, 1.54) is 0 Å². The Labute approximate surface area is 97.0 Å². The minimum Gasteiger partial charge on any atom is -0.379 e. The van der Waals surface area contributed by atoms with E-state index in [0.29, 0.717) is 25.9 Å². The Morgan fingerprint density at radius 3 is 2.44 bits per heavy atom. The van der Waals surface area contributed by atoms with E-state index >= 15 is 0 Å². The summed E-state index contributed by atoms with van der Waals surface area (Å²) in [5.41, 5.74) is 0. The lowest BCUT2D eigenvalue weighted by Gasteiger charge is -2.30. The van der Waals surface area contributed by atoms with Gasteiger partial charge in [-0.3, -0.25) is 0 Å². The van der Waals surface area contributed by atoms with Crippen molar-refractivity contribution in [2.24, 2.45) is 0 Å². The first-order valence-electron chi connectivity index (χ1n) is 5.55. The molecule has 1 atom stereocenters. The van der Waals surface area contributed by atoms with Crippen molar-refractivity contribution in [3.05, 3.63) is 0 Å². The summed E-state index contributed by atoms with van der Waals surface area (Å²) < 4.78 is 26.2. The molecule has 5 heteroatoms. The molecule has 96 valence electrons. The molecule has 0 amide bonds. The van der Waals surface area contributed by atoms with Crippen molar-refractivity contribution in [3.63, 3.8) is 0 Å². The lowest BCUT2D eigenvalue weighted by molar-refractivity contribution is -0.236. The lowest BCUT2D eigenvalue weighted by Crippen LogP contribution is -2.39. The monoisotopic (exact) mass is 234 g/mol. The molecule has 16 heavy (non-hydrogen) atoms. The molecule has 0 aliphatic carbocycles.